The van der Waals surface area contributed by atoms with Crippen molar-refractivity contribution in [3.63, 3.8) is 0 Å². The third kappa shape index (κ3) is 1.20. The number of hydrogen-bond acceptors (Lipinski definition) is 0. The molecular weight excluding hydrogens is 156 g/mol. The largest absolute Gasteiger partial charge is 0.0770 e. The van der Waals surface area contributed by atoms with Gasteiger partial charge in [-0.25, -0.2) is 0 Å². The van der Waals surface area contributed by atoms with E-state index in [0.29, 0.717) is 5.92 Å². The molecule has 0 saturated heterocycles. The van der Waals surface area contributed by atoms with Crippen LogP contribution >= 0.6 is 0 Å². The Morgan fingerprint density at radius 2 is 2.15 bits per heavy atom. The third-order valence-electron chi connectivity index (χ3n) is 3.36. The van der Waals surface area contributed by atoms with Gasteiger partial charge in [-0.05, 0) is 32.1 Å². The lowest BCUT2D eigenvalue weighted by Gasteiger charge is -2.29. The molecule has 0 N–H and O–H groups in total. The summed E-state index contributed by atoms with van der Waals surface area (Å²) >= 11 is 0. The van der Waals surface area contributed by atoms with E-state index in [9.17, 15) is 0 Å². The van der Waals surface area contributed by atoms with Crippen LogP contribution in [-0.4, -0.2) is 0 Å². The van der Waals surface area contributed by atoms with E-state index in [4.69, 9.17) is 0 Å². The second kappa shape index (κ2) is 2.87. The molecule has 0 heteroatoms. The molecule has 0 aromatic rings. The Morgan fingerprint density at radius 3 is 3.15 bits per heavy atom. The Hall–Kier alpha value is -0.780. The van der Waals surface area contributed by atoms with Crippen LogP contribution in [0.15, 0.2) is 34.9 Å². The molecule has 3 rings (SSSR count). The zero-order valence-corrected chi connectivity index (χ0v) is 7.84. The van der Waals surface area contributed by atoms with E-state index in [1.165, 1.54) is 43.3 Å². The van der Waals surface area contributed by atoms with Crippen LogP contribution < -0.4 is 0 Å². The first-order valence-electron chi connectivity index (χ1n) is 5.30. The zero-order chi connectivity index (χ0) is 8.67. The average Bonchev–Trinajstić information content (AvgIpc) is 2.61. The van der Waals surface area contributed by atoms with Crippen LogP contribution in [0.25, 0.3) is 0 Å². The van der Waals surface area contributed by atoms with Crippen molar-refractivity contribution in [2.75, 3.05) is 0 Å². The van der Waals surface area contributed by atoms with Crippen LogP contribution in [0.2, 0.25) is 0 Å². The first kappa shape index (κ1) is 7.61. The van der Waals surface area contributed by atoms with Gasteiger partial charge >= 0.3 is 0 Å². The summed E-state index contributed by atoms with van der Waals surface area (Å²) in [6.07, 6.45) is 17.0. The molecular formula is C13H14. The molecule has 1 atom stereocenters. The second-order valence-corrected chi connectivity index (χ2v) is 4.23. The van der Waals surface area contributed by atoms with Crippen molar-refractivity contribution in [2.24, 2.45) is 5.92 Å². The summed E-state index contributed by atoms with van der Waals surface area (Å²) in [5, 5.41) is 0. The van der Waals surface area contributed by atoms with E-state index in [-0.39, 0.29) is 0 Å². The average molecular weight is 170 g/mol. The van der Waals surface area contributed by atoms with Gasteiger partial charge in [-0.1, -0.05) is 34.9 Å². The van der Waals surface area contributed by atoms with Crippen LogP contribution in [0, 0.1) is 12.3 Å². The van der Waals surface area contributed by atoms with Crippen LogP contribution in [0.5, 0.6) is 0 Å². The van der Waals surface area contributed by atoms with E-state index in [0.717, 1.165) is 0 Å². The van der Waals surface area contributed by atoms with Gasteiger partial charge in [0, 0.05) is 12.3 Å². The predicted octanol–water partition coefficient (Wildman–Crippen LogP) is 3.45. The van der Waals surface area contributed by atoms with Crippen LogP contribution in [0.1, 0.15) is 32.1 Å². The number of fused-ring (bicyclic) bond motifs is 1. The van der Waals surface area contributed by atoms with Gasteiger partial charge in [-0.2, -0.15) is 0 Å². The molecule has 1 unspecified atom stereocenters. The van der Waals surface area contributed by atoms with Gasteiger partial charge in [0.05, 0.1) is 0 Å². The Bertz CT molecular complexity index is 315. The summed E-state index contributed by atoms with van der Waals surface area (Å²) in [5.74, 6) is 0.678. The summed E-state index contributed by atoms with van der Waals surface area (Å²) in [5.41, 5.74) is 4.66. The highest BCUT2D eigenvalue weighted by molar-refractivity contribution is 5.47. The Balaban J connectivity index is 1.92. The summed E-state index contributed by atoms with van der Waals surface area (Å²) in [6, 6.07) is 0. The lowest BCUT2D eigenvalue weighted by atomic mass is 9.76. The van der Waals surface area contributed by atoms with Crippen molar-refractivity contribution in [1.82, 2.24) is 0 Å². The molecule has 0 fully saturated rings. The van der Waals surface area contributed by atoms with Gasteiger partial charge < -0.3 is 0 Å². The molecule has 0 nitrogen and oxygen atoms in total. The highest BCUT2D eigenvalue weighted by atomic mass is 14.3. The Morgan fingerprint density at radius 1 is 1.23 bits per heavy atom. The molecule has 0 bridgehead atoms. The normalized spacial score (nSPS) is 31.4. The van der Waals surface area contributed by atoms with Crippen molar-refractivity contribution in [2.45, 2.75) is 32.1 Å². The van der Waals surface area contributed by atoms with Gasteiger partial charge in [-0.15, -0.1) is 0 Å². The fourth-order valence-electron chi connectivity index (χ4n) is 2.62. The molecule has 3 aliphatic rings. The molecule has 0 spiro atoms. The van der Waals surface area contributed by atoms with Gasteiger partial charge in [0.2, 0.25) is 0 Å². The van der Waals surface area contributed by atoms with E-state index >= 15 is 0 Å². The highest BCUT2D eigenvalue weighted by Gasteiger charge is 2.26. The zero-order valence-electron chi connectivity index (χ0n) is 7.84. The Kier molecular flexibility index (Phi) is 1.68. The van der Waals surface area contributed by atoms with Crippen molar-refractivity contribution >= 4 is 0 Å². The molecule has 2 radical (unpaired) electrons. The van der Waals surface area contributed by atoms with Crippen LogP contribution in [0.3, 0.4) is 0 Å². The maximum atomic E-state index is 3.60. The first-order chi connectivity index (χ1) is 6.43. The van der Waals surface area contributed by atoms with E-state index < -0.39 is 0 Å². The van der Waals surface area contributed by atoms with Crippen LogP contribution in [0.4, 0.5) is 0 Å². The summed E-state index contributed by atoms with van der Waals surface area (Å²) in [4.78, 5) is 0. The molecule has 0 heterocycles. The fourth-order valence-corrected chi connectivity index (χ4v) is 2.62. The predicted molar refractivity (Wildman–Crippen MR) is 54.1 cm³/mol. The van der Waals surface area contributed by atoms with E-state index in [1.807, 2.05) is 0 Å². The van der Waals surface area contributed by atoms with Gasteiger partial charge in [0.15, 0.2) is 0 Å². The lowest BCUT2D eigenvalue weighted by molar-refractivity contribution is 0.601. The minimum absolute atomic E-state index is 0.678. The maximum absolute atomic E-state index is 3.60. The highest BCUT2D eigenvalue weighted by Crippen LogP contribution is 2.42. The van der Waals surface area contributed by atoms with Gasteiger partial charge in [0.1, 0.15) is 0 Å². The standard InChI is InChI=1S/C13H14/c1-2-5-11-9-13-7-3-6-12(13)8-10(11)4-1/h3,6-7,12H,1-2,4-5,8H2. The molecule has 0 aromatic heterocycles. The molecule has 0 aliphatic heterocycles. The van der Waals surface area contributed by atoms with Crippen molar-refractivity contribution in [1.29, 1.82) is 0 Å². The van der Waals surface area contributed by atoms with Gasteiger partial charge in [-0.3, -0.25) is 0 Å². The quantitative estimate of drug-likeness (QED) is 0.522. The van der Waals surface area contributed by atoms with Crippen LogP contribution in [-0.2, 0) is 0 Å². The molecule has 0 saturated carbocycles. The second-order valence-electron chi connectivity index (χ2n) is 4.23. The topological polar surface area (TPSA) is 0 Å². The van der Waals surface area contributed by atoms with Gasteiger partial charge in [0.25, 0.3) is 0 Å². The Labute approximate surface area is 80.0 Å². The summed E-state index contributed by atoms with van der Waals surface area (Å²) < 4.78 is 0. The molecule has 66 valence electrons. The molecule has 3 aliphatic carbocycles. The van der Waals surface area contributed by atoms with Crippen molar-refractivity contribution < 1.29 is 0 Å². The lowest BCUT2D eigenvalue weighted by Crippen LogP contribution is -2.13. The SMILES string of the molecule is [C]1C2=CC=CC2CC2=C1CCCC2. The number of hydrogen-bond donors (Lipinski definition) is 0. The van der Waals surface area contributed by atoms with Crippen molar-refractivity contribution in [3.05, 3.63) is 41.4 Å². The molecule has 0 aromatic carbocycles. The summed E-state index contributed by atoms with van der Waals surface area (Å²) in [7, 11) is 0. The molecule has 13 heavy (non-hydrogen) atoms. The first-order valence-corrected chi connectivity index (χ1v) is 5.30. The fraction of sp³-hybridized carbons (Fsp3) is 0.462. The minimum Gasteiger partial charge on any atom is -0.0770 e. The number of allylic oxidation sites excluding steroid dienone is 6. The minimum atomic E-state index is 0.678. The number of rotatable bonds is 0. The van der Waals surface area contributed by atoms with E-state index in [2.05, 4.69) is 24.6 Å². The third-order valence-corrected chi connectivity index (χ3v) is 3.36. The monoisotopic (exact) mass is 170 g/mol. The molecule has 0 amide bonds. The summed E-state index contributed by atoms with van der Waals surface area (Å²) in [6.45, 7) is 0. The smallest absolute Gasteiger partial charge is 0.0419 e. The van der Waals surface area contributed by atoms with E-state index in [1.54, 1.807) is 5.57 Å². The van der Waals surface area contributed by atoms with Crippen molar-refractivity contribution in [3.8, 4) is 0 Å². The maximum Gasteiger partial charge on any atom is 0.0419 e.